The van der Waals surface area contributed by atoms with Crippen molar-refractivity contribution in [1.82, 2.24) is 13.9 Å². The van der Waals surface area contributed by atoms with Crippen LogP contribution in [0.1, 0.15) is 43.6 Å². The van der Waals surface area contributed by atoms with Gasteiger partial charge in [0.05, 0.1) is 17.6 Å². The molecule has 0 aliphatic carbocycles. The zero-order chi connectivity index (χ0) is 24.9. The van der Waals surface area contributed by atoms with Gasteiger partial charge in [0.2, 0.25) is 5.02 Å². The Hall–Kier alpha value is -2.80. The highest BCUT2D eigenvalue weighted by atomic mass is 35.5. The van der Waals surface area contributed by atoms with Crippen LogP contribution in [0.2, 0.25) is 5.02 Å². The highest BCUT2D eigenvalue weighted by Crippen LogP contribution is 2.28. The summed E-state index contributed by atoms with van der Waals surface area (Å²) in [6.07, 6.45) is 7.13. The van der Waals surface area contributed by atoms with E-state index in [9.17, 15) is 4.79 Å². The molecule has 0 spiro atoms. The average Bonchev–Trinajstić information content (AvgIpc) is 3.40. The van der Waals surface area contributed by atoms with Gasteiger partial charge in [-0.05, 0) is 94.0 Å². The van der Waals surface area contributed by atoms with Crippen molar-refractivity contribution in [3.8, 4) is 5.75 Å². The van der Waals surface area contributed by atoms with Crippen molar-refractivity contribution in [3.63, 3.8) is 0 Å². The third kappa shape index (κ3) is 5.46. The van der Waals surface area contributed by atoms with Crippen LogP contribution in [0.15, 0.2) is 65.6 Å². The summed E-state index contributed by atoms with van der Waals surface area (Å²) in [6, 6.07) is 18.3. The van der Waals surface area contributed by atoms with Crippen LogP contribution in [0.3, 0.4) is 0 Å². The number of likely N-dealkylation sites (tertiary alicyclic amines) is 1. The third-order valence-corrected chi connectivity index (χ3v) is 7.64. The van der Waals surface area contributed by atoms with E-state index >= 15 is 0 Å². The molecule has 36 heavy (non-hydrogen) atoms. The Balaban J connectivity index is 1.25. The van der Waals surface area contributed by atoms with E-state index in [0.29, 0.717) is 31.1 Å². The fraction of sp³-hybridized carbons (Fsp3) is 0.414. The number of aromatic nitrogens is 2. The number of ether oxygens (including phenoxy) is 1. The normalized spacial score (nSPS) is 15.2. The molecule has 5 rings (SSSR count). The monoisotopic (exact) mass is 507 g/mol. The first-order valence-electron chi connectivity index (χ1n) is 13.1. The molecular formula is C29H36ClN4O2+. The maximum atomic E-state index is 13.3. The number of nitrogens with two attached hydrogens (primary N) is 1. The van der Waals surface area contributed by atoms with E-state index in [1.54, 1.807) is 0 Å². The fourth-order valence-electron chi connectivity index (χ4n) is 5.37. The molecule has 0 bridgehead atoms. The summed E-state index contributed by atoms with van der Waals surface area (Å²) < 4.78 is 9.86. The number of aryl methyl sites for hydroxylation is 1. The van der Waals surface area contributed by atoms with E-state index in [1.165, 1.54) is 18.4 Å². The van der Waals surface area contributed by atoms with Crippen LogP contribution < -0.4 is 16.0 Å². The summed E-state index contributed by atoms with van der Waals surface area (Å²) in [5, 5.41) is 0.906. The molecule has 190 valence electrons. The number of fused-ring (bicyclic) bond motifs is 3. The topological polar surface area (TPSA) is 64.9 Å². The Bertz CT molecular complexity index is 1350. The molecule has 1 aliphatic rings. The number of benzene rings is 2. The molecular weight excluding hydrogens is 472 g/mol. The van der Waals surface area contributed by atoms with Crippen molar-refractivity contribution in [2.24, 2.45) is 5.73 Å². The minimum absolute atomic E-state index is 0.0630. The summed E-state index contributed by atoms with van der Waals surface area (Å²) in [6.45, 7) is 5.22. The van der Waals surface area contributed by atoms with Crippen molar-refractivity contribution >= 4 is 16.6 Å². The van der Waals surface area contributed by atoms with E-state index in [4.69, 9.17) is 22.1 Å². The Morgan fingerprint density at radius 3 is 2.50 bits per heavy atom. The number of rotatable bonds is 10. The summed E-state index contributed by atoms with van der Waals surface area (Å²) >= 11 is 5.23. The number of nitrogens with zero attached hydrogens (tertiary/aromatic N) is 3. The number of unbranched alkanes of at least 4 members (excludes halogenated alkanes) is 1. The maximum absolute atomic E-state index is 13.3. The quantitative estimate of drug-likeness (QED) is 0.324. The first-order valence-corrected chi connectivity index (χ1v) is 13.5. The van der Waals surface area contributed by atoms with Gasteiger partial charge in [-0.15, -0.1) is 0 Å². The van der Waals surface area contributed by atoms with Crippen molar-refractivity contribution < 1.29 is 16.3 Å². The van der Waals surface area contributed by atoms with E-state index in [0.717, 1.165) is 60.7 Å². The lowest BCUT2D eigenvalue weighted by atomic mass is 9.89. The van der Waals surface area contributed by atoms with Crippen molar-refractivity contribution in [2.75, 3.05) is 32.8 Å². The minimum atomic E-state index is 0.0630. The molecule has 2 aromatic carbocycles. The molecule has 1 fully saturated rings. The van der Waals surface area contributed by atoms with Crippen LogP contribution in [0, 0.1) is 11.6 Å². The number of piperidine rings is 1. The molecule has 0 atom stereocenters. The Kier molecular flexibility index (Phi) is 7.95. The van der Waals surface area contributed by atoms with E-state index < -0.39 is 0 Å². The number of halogens is 1. The molecule has 4 aromatic rings. The lowest BCUT2D eigenvalue weighted by Crippen LogP contribution is -2.34. The van der Waals surface area contributed by atoms with Gasteiger partial charge >= 0.3 is 0 Å². The SMILES string of the molecule is NCCCCOc1ccc2c(c1)n1cccc1c(=O)n2CCCN1CCC(c2ccc([ClH+])cc2)CC1. The Labute approximate surface area is 217 Å². The molecule has 6 nitrogen and oxygen atoms in total. The van der Waals surface area contributed by atoms with Crippen molar-refractivity contribution in [2.45, 2.75) is 44.6 Å². The fourth-order valence-corrected chi connectivity index (χ4v) is 5.50. The summed E-state index contributed by atoms with van der Waals surface area (Å²) in [4.78, 5) is 15.9. The van der Waals surface area contributed by atoms with Crippen LogP contribution in [0.25, 0.3) is 16.6 Å². The molecule has 1 saturated heterocycles. The van der Waals surface area contributed by atoms with Gasteiger partial charge in [0.1, 0.15) is 11.3 Å². The zero-order valence-electron chi connectivity index (χ0n) is 20.8. The highest BCUT2D eigenvalue weighted by Gasteiger charge is 2.21. The average molecular weight is 508 g/mol. The largest absolute Gasteiger partial charge is 0.494 e. The second-order valence-corrected chi connectivity index (χ2v) is 10.2. The van der Waals surface area contributed by atoms with Crippen molar-refractivity contribution in [1.29, 1.82) is 0 Å². The Morgan fingerprint density at radius 2 is 1.72 bits per heavy atom. The van der Waals surface area contributed by atoms with Gasteiger partial charge in [0, 0.05) is 30.9 Å². The molecule has 0 radical (unpaired) electrons. The highest BCUT2D eigenvalue weighted by molar-refractivity contribution is 5.80. The van der Waals surface area contributed by atoms with Crippen LogP contribution in [0.5, 0.6) is 5.75 Å². The lowest BCUT2D eigenvalue weighted by Gasteiger charge is -2.32. The summed E-state index contributed by atoms with van der Waals surface area (Å²) in [7, 11) is 0. The van der Waals surface area contributed by atoms with Gasteiger partial charge in [-0.2, -0.15) is 0 Å². The van der Waals surface area contributed by atoms with Gasteiger partial charge < -0.3 is 24.3 Å². The Morgan fingerprint density at radius 1 is 0.917 bits per heavy atom. The zero-order valence-corrected chi connectivity index (χ0v) is 21.6. The van der Waals surface area contributed by atoms with Crippen LogP contribution >= 0.6 is 0 Å². The van der Waals surface area contributed by atoms with Gasteiger partial charge in [-0.3, -0.25) is 4.79 Å². The predicted molar refractivity (Wildman–Crippen MR) is 143 cm³/mol. The molecule has 0 saturated carbocycles. The molecule has 0 unspecified atom stereocenters. The second-order valence-electron chi connectivity index (χ2n) is 9.75. The second kappa shape index (κ2) is 11.5. The summed E-state index contributed by atoms with van der Waals surface area (Å²) in [5.41, 5.74) is 9.70. The maximum Gasteiger partial charge on any atom is 0.275 e. The first kappa shape index (κ1) is 24.9. The molecule has 3 heterocycles. The van der Waals surface area contributed by atoms with Crippen LogP contribution in [-0.2, 0) is 6.54 Å². The molecule has 2 N–H and O–H groups in total. The van der Waals surface area contributed by atoms with Crippen molar-refractivity contribution in [3.05, 3.63) is 81.7 Å². The van der Waals surface area contributed by atoms with Crippen LogP contribution in [0.4, 0.5) is 0 Å². The van der Waals surface area contributed by atoms with Gasteiger partial charge in [0.15, 0.2) is 11.6 Å². The molecule has 7 heteroatoms. The van der Waals surface area contributed by atoms with Crippen LogP contribution in [-0.4, -0.2) is 46.7 Å². The molecule has 0 amide bonds. The smallest absolute Gasteiger partial charge is 0.275 e. The van der Waals surface area contributed by atoms with Gasteiger partial charge in [0.25, 0.3) is 5.56 Å². The van der Waals surface area contributed by atoms with E-state index in [1.807, 2.05) is 57.6 Å². The van der Waals surface area contributed by atoms with E-state index in [2.05, 4.69) is 17.0 Å². The molecule has 2 aromatic heterocycles. The third-order valence-electron chi connectivity index (χ3n) is 7.37. The first-order chi connectivity index (χ1) is 17.6. The van der Waals surface area contributed by atoms with Gasteiger partial charge in [-0.25, -0.2) is 0 Å². The van der Waals surface area contributed by atoms with E-state index in [-0.39, 0.29) is 5.56 Å². The summed E-state index contributed by atoms with van der Waals surface area (Å²) in [5.74, 6) is 1.44. The molecule has 1 aliphatic heterocycles. The standard InChI is InChI=1S/C29H36ClN4O2/c30-24-8-6-22(7-9-24)23-12-18-32(19-13-23)15-4-17-34-26-11-10-25(36-20-2-1-14-31)21-28(26)33-16-3-5-27(33)29(34)35/h3,5-11,16,21,23,30H,1-2,4,12-15,17-20,31H2/q+1. The predicted octanol–water partition coefficient (Wildman–Crippen LogP) is 4.34. The number of hydrogen-bond acceptors (Lipinski definition) is 4. The minimum Gasteiger partial charge on any atom is -0.494 e. The lowest BCUT2D eigenvalue weighted by molar-refractivity contribution is -0.288. The van der Waals surface area contributed by atoms with Gasteiger partial charge in [-0.1, -0.05) is 12.1 Å². The number of hydrogen-bond donors (Lipinski definition) is 1.